The average molecular weight is 552 g/mol. The lowest BCUT2D eigenvalue weighted by atomic mass is 9.96. The van der Waals surface area contributed by atoms with E-state index in [1.54, 1.807) is 52.1 Å². The van der Waals surface area contributed by atoms with E-state index < -0.39 is 45.3 Å². The number of aromatic nitrogens is 1. The molecule has 0 aliphatic carbocycles. The Hall–Kier alpha value is -3.60. The first-order valence-electron chi connectivity index (χ1n) is 13.2. The molecular formula is C30H37N3O7. The molecule has 0 radical (unpaired) electrons. The van der Waals surface area contributed by atoms with Gasteiger partial charge in [0.15, 0.2) is 10.9 Å². The fraction of sp³-hybridized carbons (Fsp3) is 0.467. The van der Waals surface area contributed by atoms with Gasteiger partial charge in [-0.1, -0.05) is 24.3 Å². The number of nitrogens with two attached hydrogens (primary N) is 1. The maximum atomic E-state index is 13.9. The Morgan fingerprint density at radius 2 is 1.40 bits per heavy atom. The van der Waals surface area contributed by atoms with Gasteiger partial charge in [0.2, 0.25) is 0 Å². The van der Waals surface area contributed by atoms with Crippen LogP contribution in [0.5, 0.6) is 0 Å². The van der Waals surface area contributed by atoms with Crippen molar-refractivity contribution in [3.63, 3.8) is 0 Å². The van der Waals surface area contributed by atoms with Crippen molar-refractivity contribution in [1.82, 2.24) is 4.57 Å². The SMILES string of the molecule is CNc1c2c(=O)c3ccccc3c(=O)c2c(N)c2c(=O)n(C(C)C(C)(C)OC(C)C(C)(C)OCCOC)c(=O)c12. The first kappa shape index (κ1) is 29.4. The van der Waals surface area contributed by atoms with Crippen molar-refractivity contribution >= 4 is 43.7 Å². The smallest absolute Gasteiger partial charge is 0.264 e. The van der Waals surface area contributed by atoms with Crippen LogP contribution in [-0.4, -0.2) is 49.2 Å². The molecule has 10 heteroatoms. The second-order valence-electron chi connectivity index (χ2n) is 11.2. The van der Waals surface area contributed by atoms with Crippen LogP contribution in [0.4, 0.5) is 11.4 Å². The predicted molar refractivity (Wildman–Crippen MR) is 160 cm³/mol. The standard InChI is InChI=1S/C30H37N3O7/c1-15(29(3,4)40-16(2)30(5,6)39-14-13-38-8)33-27(36)20-22(28(33)37)24(32-7)21-19(23(20)31)25(34)17-11-9-10-12-18(17)26(21)35/h9-12,15-16,32H,13-14,31H2,1-8H3. The number of benzene rings is 3. The molecule has 0 aliphatic heterocycles. The maximum absolute atomic E-state index is 13.9. The molecule has 0 saturated heterocycles. The zero-order valence-electron chi connectivity index (χ0n) is 24.3. The van der Waals surface area contributed by atoms with Crippen molar-refractivity contribution in [3.05, 3.63) is 65.4 Å². The largest absolute Gasteiger partial charge is 0.397 e. The number of anilines is 2. The van der Waals surface area contributed by atoms with Crippen LogP contribution in [0.25, 0.3) is 32.3 Å². The van der Waals surface area contributed by atoms with Crippen LogP contribution in [-0.2, 0) is 14.2 Å². The summed E-state index contributed by atoms with van der Waals surface area (Å²) in [6.07, 6.45) is -0.420. The van der Waals surface area contributed by atoms with Gasteiger partial charge >= 0.3 is 0 Å². The Morgan fingerprint density at radius 3 is 1.95 bits per heavy atom. The van der Waals surface area contributed by atoms with Gasteiger partial charge in [-0.05, 0) is 41.5 Å². The number of nitrogen functional groups attached to an aromatic ring is 1. The van der Waals surface area contributed by atoms with Crippen molar-refractivity contribution < 1.29 is 14.2 Å². The molecule has 0 spiro atoms. The molecule has 0 fully saturated rings. The number of hydrogen-bond acceptors (Lipinski definition) is 9. The summed E-state index contributed by atoms with van der Waals surface area (Å²) in [5, 5.41) is 3.14. The predicted octanol–water partition coefficient (Wildman–Crippen LogP) is 3.07. The third-order valence-electron chi connectivity index (χ3n) is 8.14. The molecule has 0 amide bonds. The summed E-state index contributed by atoms with van der Waals surface area (Å²) < 4.78 is 18.5. The maximum Gasteiger partial charge on any atom is 0.264 e. The molecule has 4 rings (SSSR count). The van der Waals surface area contributed by atoms with E-state index in [9.17, 15) is 19.2 Å². The zero-order chi connectivity index (χ0) is 29.7. The minimum atomic E-state index is -1.01. The van der Waals surface area contributed by atoms with Crippen molar-refractivity contribution in [2.75, 3.05) is 38.4 Å². The van der Waals surface area contributed by atoms with E-state index in [-0.39, 0.29) is 43.7 Å². The molecule has 3 aromatic carbocycles. The number of nitrogens with zero attached hydrogens (tertiary/aromatic N) is 1. The van der Waals surface area contributed by atoms with E-state index in [0.717, 1.165) is 4.57 Å². The lowest BCUT2D eigenvalue weighted by molar-refractivity contribution is -0.180. The average Bonchev–Trinajstić information content (AvgIpc) is 3.16. The molecule has 0 aliphatic rings. The van der Waals surface area contributed by atoms with Crippen LogP contribution in [0.3, 0.4) is 0 Å². The quantitative estimate of drug-likeness (QED) is 0.132. The van der Waals surface area contributed by atoms with Crippen molar-refractivity contribution in [3.8, 4) is 0 Å². The van der Waals surface area contributed by atoms with Gasteiger partial charge in [0.05, 0.1) is 69.5 Å². The molecule has 0 saturated carbocycles. The molecule has 4 aromatic rings. The Kier molecular flexibility index (Phi) is 7.66. The highest BCUT2D eigenvalue weighted by atomic mass is 16.6. The highest BCUT2D eigenvalue weighted by molar-refractivity contribution is 6.21. The van der Waals surface area contributed by atoms with E-state index in [0.29, 0.717) is 13.2 Å². The van der Waals surface area contributed by atoms with Crippen molar-refractivity contribution in [1.29, 1.82) is 0 Å². The Labute approximate surface area is 231 Å². The van der Waals surface area contributed by atoms with Crippen LogP contribution < -0.4 is 33.0 Å². The number of hydrogen-bond donors (Lipinski definition) is 2. The summed E-state index contributed by atoms with van der Waals surface area (Å²) >= 11 is 0. The van der Waals surface area contributed by atoms with Gasteiger partial charge < -0.3 is 25.3 Å². The summed E-state index contributed by atoms with van der Waals surface area (Å²) in [5.74, 6) is 0. The minimum Gasteiger partial charge on any atom is -0.397 e. The topological polar surface area (TPSA) is 139 Å². The first-order chi connectivity index (χ1) is 18.7. The van der Waals surface area contributed by atoms with Crippen LogP contribution in [0.1, 0.15) is 47.6 Å². The number of methoxy groups -OCH3 is 1. The third kappa shape index (κ3) is 4.49. The van der Waals surface area contributed by atoms with E-state index in [4.69, 9.17) is 19.9 Å². The van der Waals surface area contributed by atoms with E-state index in [1.807, 2.05) is 20.8 Å². The zero-order valence-corrected chi connectivity index (χ0v) is 24.3. The summed E-state index contributed by atoms with van der Waals surface area (Å²) in [6, 6.07) is 5.68. The number of fused-ring (bicyclic) bond motifs is 3. The summed E-state index contributed by atoms with van der Waals surface area (Å²) in [7, 11) is 3.13. The van der Waals surface area contributed by atoms with Gasteiger partial charge in [-0.3, -0.25) is 23.7 Å². The van der Waals surface area contributed by atoms with E-state index in [2.05, 4.69) is 5.32 Å². The monoisotopic (exact) mass is 551 g/mol. The van der Waals surface area contributed by atoms with Gasteiger partial charge in [-0.15, -0.1) is 0 Å². The summed E-state index contributed by atoms with van der Waals surface area (Å²) in [5.41, 5.74) is 2.51. The van der Waals surface area contributed by atoms with Crippen LogP contribution in [0.15, 0.2) is 43.4 Å². The molecule has 0 bridgehead atoms. The van der Waals surface area contributed by atoms with Crippen molar-refractivity contribution in [2.24, 2.45) is 0 Å². The first-order valence-corrected chi connectivity index (χ1v) is 13.2. The fourth-order valence-electron chi connectivity index (χ4n) is 5.26. The Bertz CT molecular complexity index is 1810. The van der Waals surface area contributed by atoms with Crippen LogP contribution in [0, 0.1) is 0 Å². The van der Waals surface area contributed by atoms with Crippen LogP contribution >= 0.6 is 0 Å². The van der Waals surface area contributed by atoms with E-state index in [1.165, 1.54) is 7.05 Å². The van der Waals surface area contributed by atoms with Gasteiger partial charge in [0.25, 0.3) is 11.1 Å². The lowest BCUT2D eigenvalue weighted by Gasteiger charge is -2.40. The fourth-order valence-corrected chi connectivity index (χ4v) is 5.26. The molecule has 1 heterocycles. The minimum absolute atomic E-state index is 0.00260. The summed E-state index contributed by atoms with van der Waals surface area (Å²) in [4.78, 5) is 54.9. The third-order valence-corrected chi connectivity index (χ3v) is 8.14. The van der Waals surface area contributed by atoms with Gasteiger partial charge in [0, 0.05) is 24.9 Å². The molecule has 2 atom stereocenters. The second-order valence-corrected chi connectivity index (χ2v) is 11.2. The van der Waals surface area contributed by atoms with Gasteiger partial charge in [-0.2, -0.15) is 0 Å². The Morgan fingerprint density at radius 1 is 0.850 bits per heavy atom. The highest BCUT2D eigenvalue weighted by Crippen LogP contribution is 2.35. The molecule has 214 valence electrons. The molecule has 3 N–H and O–H groups in total. The molecule has 1 aromatic heterocycles. The number of nitrogens with one attached hydrogen (secondary N) is 1. The lowest BCUT2D eigenvalue weighted by Crippen LogP contribution is -2.49. The Balaban J connectivity index is 1.94. The highest BCUT2D eigenvalue weighted by Gasteiger charge is 2.39. The molecule has 2 unspecified atom stereocenters. The molecule has 10 nitrogen and oxygen atoms in total. The van der Waals surface area contributed by atoms with E-state index >= 15 is 0 Å². The molecular weight excluding hydrogens is 514 g/mol. The summed E-state index contributed by atoms with van der Waals surface area (Å²) in [6.45, 7) is 11.8. The van der Waals surface area contributed by atoms with Gasteiger partial charge in [0.1, 0.15) is 0 Å². The number of ether oxygens (including phenoxy) is 3. The van der Waals surface area contributed by atoms with Crippen LogP contribution in [0.2, 0.25) is 0 Å². The molecule has 40 heavy (non-hydrogen) atoms. The second kappa shape index (κ2) is 10.4. The van der Waals surface area contributed by atoms with Gasteiger partial charge in [-0.25, -0.2) is 0 Å². The van der Waals surface area contributed by atoms with Crippen molar-refractivity contribution in [2.45, 2.75) is 64.9 Å². The normalized spacial score (nSPS) is 14.3. The number of rotatable bonds is 10.